The highest BCUT2D eigenvalue weighted by atomic mass is 32.1. The van der Waals surface area contributed by atoms with E-state index >= 15 is 0 Å². The Hall–Kier alpha value is -1.74. The molecule has 0 saturated heterocycles. The Morgan fingerprint density at radius 3 is 2.53 bits per heavy atom. The van der Waals surface area contributed by atoms with E-state index in [1.165, 1.54) is 11.3 Å². The van der Waals surface area contributed by atoms with Crippen molar-refractivity contribution in [2.45, 2.75) is 0 Å². The Labute approximate surface area is 93.8 Å². The SMILES string of the molecule is C=CC#Cc1ccc(C#C/C=C/CO)s1. The molecule has 1 rings (SSSR count). The van der Waals surface area contributed by atoms with Crippen LogP contribution in [0, 0.1) is 23.7 Å². The van der Waals surface area contributed by atoms with Gasteiger partial charge in [0.15, 0.2) is 0 Å². The highest BCUT2D eigenvalue weighted by Gasteiger charge is 1.92. The molecule has 0 aliphatic carbocycles. The summed E-state index contributed by atoms with van der Waals surface area (Å²) in [6, 6.07) is 3.86. The quantitative estimate of drug-likeness (QED) is 0.710. The molecule has 0 saturated carbocycles. The molecule has 0 radical (unpaired) electrons. The highest BCUT2D eigenvalue weighted by molar-refractivity contribution is 7.13. The Bertz CT molecular complexity index is 472. The topological polar surface area (TPSA) is 20.2 Å². The maximum atomic E-state index is 8.49. The first-order chi connectivity index (χ1) is 7.36. The van der Waals surface area contributed by atoms with Crippen LogP contribution in [0.25, 0.3) is 0 Å². The van der Waals surface area contributed by atoms with E-state index in [4.69, 9.17) is 5.11 Å². The molecule has 0 fully saturated rings. The van der Waals surface area contributed by atoms with Gasteiger partial charge in [0.1, 0.15) is 0 Å². The molecule has 1 aromatic rings. The number of hydrogen-bond acceptors (Lipinski definition) is 2. The summed E-state index contributed by atoms with van der Waals surface area (Å²) >= 11 is 1.54. The van der Waals surface area contributed by atoms with Crippen LogP contribution < -0.4 is 0 Å². The van der Waals surface area contributed by atoms with Crippen LogP contribution in [0.3, 0.4) is 0 Å². The monoisotopic (exact) mass is 214 g/mol. The van der Waals surface area contributed by atoms with Gasteiger partial charge in [-0.05, 0) is 24.3 Å². The zero-order valence-electron chi connectivity index (χ0n) is 8.16. The summed E-state index contributed by atoms with van der Waals surface area (Å²) in [5.41, 5.74) is 0. The number of aliphatic hydroxyl groups excluding tert-OH is 1. The van der Waals surface area contributed by atoms with Gasteiger partial charge in [-0.15, -0.1) is 11.3 Å². The summed E-state index contributed by atoms with van der Waals surface area (Å²) in [6.07, 6.45) is 4.79. The van der Waals surface area contributed by atoms with Gasteiger partial charge in [-0.25, -0.2) is 0 Å². The molecule has 15 heavy (non-hydrogen) atoms. The molecule has 0 bridgehead atoms. The average Bonchev–Trinajstić information content (AvgIpc) is 2.69. The van der Waals surface area contributed by atoms with E-state index in [2.05, 4.69) is 30.3 Å². The third kappa shape index (κ3) is 4.33. The smallest absolute Gasteiger partial charge is 0.0785 e. The van der Waals surface area contributed by atoms with Gasteiger partial charge in [-0.1, -0.05) is 36.3 Å². The minimum Gasteiger partial charge on any atom is -0.392 e. The van der Waals surface area contributed by atoms with E-state index in [9.17, 15) is 0 Å². The van der Waals surface area contributed by atoms with Crippen LogP contribution in [-0.4, -0.2) is 11.7 Å². The molecule has 1 nitrogen and oxygen atoms in total. The molecular formula is C13H10OS. The summed E-state index contributed by atoms with van der Waals surface area (Å²) in [5, 5.41) is 8.49. The second kappa shape index (κ2) is 6.68. The van der Waals surface area contributed by atoms with Crippen molar-refractivity contribution in [1.29, 1.82) is 0 Å². The molecule has 74 valence electrons. The third-order valence-corrected chi connectivity index (χ3v) is 2.32. The van der Waals surface area contributed by atoms with E-state index in [1.54, 1.807) is 18.2 Å². The van der Waals surface area contributed by atoms with Gasteiger partial charge in [0.25, 0.3) is 0 Å². The molecule has 1 aromatic heterocycles. The van der Waals surface area contributed by atoms with Gasteiger partial charge in [0, 0.05) is 0 Å². The minimum atomic E-state index is 0.0230. The first-order valence-electron chi connectivity index (χ1n) is 4.36. The molecule has 2 heteroatoms. The Morgan fingerprint density at radius 2 is 1.93 bits per heavy atom. The maximum Gasteiger partial charge on any atom is 0.0785 e. The lowest BCUT2D eigenvalue weighted by Crippen LogP contribution is -1.67. The zero-order chi connectivity index (χ0) is 10.9. The largest absolute Gasteiger partial charge is 0.392 e. The van der Waals surface area contributed by atoms with Crippen molar-refractivity contribution in [1.82, 2.24) is 0 Å². The number of allylic oxidation sites excluding steroid dienone is 2. The average molecular weight is 214 g/mol. The van der Waals surface area contributed by atoms with Crippen molar-refractivity contribution < 1.29 is 5.11 Å². The lowest BCUT2D eigenvalue weighted by Gasteiger charge is -1.76. The van der Waals surface area contributed by atoms with Crippen molar-refractivity contribution in [2.75, 3.05) is 6.61 Å². The van der Waals surface area contributed by atoms with Gasteiger partial charge in [0.05, 0.1) is 16.4 Å². The summed E-state index contributed by atoms with van der Waals surface area (Å²) in [4.78, 5) is 1.94. The van der Waals surface area contributed by atoms with Crippen molar-refractivity contribution in [2.24, 2.45) is 0 Å². The number of thiophene rings is 1. The Balaban J connectivity index is 2.70. The molecule has 0 atom stereocenters. The molecule has 0 amide bonds. The third-order valence-electron chi connectivity index (χ3n) is 1.41. The van der Waals surface area contributed by atoms with E-state index in [-0.39, 0.29) is 6.61 Å². The minimum absolute atomic E-state index is 0.0230. The lowest BCUT2D eigenvalue weighted by molar-refractivity contribution is 0.343. The normalized spacial score (nSPS) is 8.87. The molecule has 0 unspecified atom stereocenters. The lowest BCUT2D eigenvalue weighted by atomic mass is 10.4. The van der Waals surface area contributed by atoms with Crippen LogP contribution >= 0.6 is 11.3 Å². The van der Waals surface area contributed by atoms with Crippen molar-refractivity contribution in [3.8, 4) is 23.7 Å². The van der Waals surface area contributed by atoms with E-state index in [0.29, 0.717) is 0 Å². The molecule has 0 aliphatic rings. The molecule has 1 heterocycles. The maximum absolute atomic E-state index is 8.49. The van der Waals surface area contributed by atoms with Crippen LogP contribution in [0.1, 0.15) is 9.75 Å². The summed E-state index contributed by atoms with van der Waals surface area (Å²) in [7, 11) is 0. The van der Waals surface area contributed by atoms with E-state index in [0.717, 1.165) is 9.75 Å². The van der Waals surface area contributed by atoms with Crippen LogP contribution in [0.5, 0.6) is 0 Å². The van der Waals surface area contributed by atoms with Crippen LogP contribution in [-0.2, 0) is 0 Å². The second-order valence-electron chi connectivity index (χ2n) is 2.49. The second-order valence-corrected chi connectivity index (χ2v) is 3.58. The van der Waals surface area contributed by atoms with Gasteiger partial charge >= 0.3 is 0 Å². The van der Waals surface area contributed by atoms with Gasteiger partial charge in [0.2, 0.25) is 0 Å². The summed E-state index contributed by atoms with van der Waals surface area (Å²) in [5.74, 6) is 11.5. The standard InChI is InChI=1S/C13H10OS/c1-2-3-7-12-9-10-13(15-12)8-5-4-6-11-14/h2,4,6,9-10,14H,1,11H2/b6-4+. The fourth-order valence-electron chi connectivity index (χ4n) is 0.819. The van der Waals surface area contributed by atoms with Gasteiger partial charge < -0.3 is 5.11 Å². The van der Waals surface area contributed by atoms with Crippen LogP contribution in [0.15, 0.2) is 36.9 Å². The van der Waals surface area contributed by atoms with Crippen molar-refractivity contribution in [3.63, 3.8) is 0 Å². The molecule has 1 N–H and O–H groups in total. The van der Waals surface area contributed by atoms with Crippen LogP contribution in [0.4, 0.5) is 0 Å². The van der Waals surface area contributed by atoms with Gasteiger partial charge in [-0.3, -0.25) is 0 Å². The number of rotatable bonds is 1. The predicted molar refractivity (Wildman–Crippen MR) is 64.5 cm³/mol. The Morgan fingerprint density at radius 1 is 1.27 bits per heavy atom. The first-order valence-corrected chi connectivity index (χ1v) is 5.18. The number of hydrogen-bond donors (Lipinski definition) is 1. The zero-order valence-corrected chi connectivity index (χ0v) is 8.97. The van der Waals surface area contributed by atoms with E-state index < -0.39 is 0 Å². The van der Waals surface area contributed by atoms with Crippen LogP contribution in [0.2, 0.25) is 0 Å². The molecule has 0 aliphatic heterocycles. The fraction of sp³-hybridized carbons (Fsp3) is 0.0769. The van der Waals surface area contributed by atoms with Crippen molar-refractivity contribution in [3.05, 3.63) is 46.7 Å². The molecular weight excluding hydrogens is 204 g/mol. The Kier molecular flexibility index (Phi) is 5.04. The molecule has 0 spiro atoms. The fourth-order valence-corrected chi connectivity index (χ4v) is 1.55. The molecule has 0 aromatic carbocycles. The summed E-state index contributed by atoms with van der Waals surface area (Å²) in [6.45, 7) is 3.55. The summed E-state index contributed by atoms with van der Waals surface area (Å²) < 4.78 is 0. The van der Waals surface area contributed by atoms with Crippen molar-refractivity contribution >= 4 is 11.3 Å². The van der Waals surface area contributed by atoms with E-state index in [1.807, 2.05) is 12.1 Å². The highest BCUT2D eigenvalue weighted by Crippen LogP contribution is 2.13. The predicted octanol–water partition coefficient (Wildman–Crippen LogP) is 2.19. The first kappa shape index (κ1) is 11.3. The number of aliphatic hydroxyl groups is 1. The van der Waals surface area contributed by atoms with Gasteiger partial charge in [-0.2, -0.15) is 0 Å².